The first kappa shape index (κ1) is 25.2. The number of rotatable bonds is 7. The summed E-state index contributed by atoms with van der Waals surface area (Å²) >= 11 is 0. The highest BCUT2D eigenvalue weighted by molar-refractivity contribution is 7.88. The van der Waals surface area contributed by atoms with Gasteiger partial charge in [0.2, 0.25) is 21.9 Å². The van der Waals surface area contributed by atoms with Crippen LogP contribution in [0.25, 0.3) is 22.6 Å². The number of hydrogen-bond acceptors (Lipinski definition) is 11. The predicted molar refractivity (Wildman–Crippen MR) is 144 cm³/mol. The van der Waals surface area contributed by atoms with Gasteiger partial charge in [0.25, 0.3) is 0 Å². The fraction of sp³-hybridized carbons (Fsp3) is 0.625. The van der Waals surface area contributed by atoms with Crippen molar-refractivity contribution >= 4 is 38.9 Å². The molecule has 38 heavy (non-hydrogen) atoms. The van der Waals surface area contributed by atoms with E-state index in [4.69, 9.17) is 25.4 Å². The van der Waals surface area contributed by atoms with Gasteiger partial charge in [0.05, 0.1) is 30.7 Å². The Hall–Kier alpha value is -3.10. The van der Waals surface area contributed by atoms with Crippen molar-refractivity contribution in [2.24, 2.45) is 5.92 Å². The van der Waals surface area contributed by atoms with Crippen molar-refractivity contribution in [1.29, 1.82) is 0 Å². The average Bonchev–Trinajstić information content (AvgIpc) is 3.45. The molecule has 1 aliphatic carbocycles. The molecule has 6 rings (SSSR count). The highest BCUT2D eigenvalue weighted by Crippen LogP contribution is 2.37. The van der Waals surface area contributed by atoms with Crippen LogP contribution in [0.4, 0.5) is 17.7 Å². The van der Waals surface area contributed by atoms with Crippen LogP contribution < -0.4 is 15.5 Å². The van der Waals surface area contributed by atoms with Crippen molar-refractivity contribution in [3.8, 4) is 11.4 Å². The lowest BCUT2D eigenvalue weighted by molar-refractivity contribution is 0.122. The first-order valence-electron chi connectivity index (χ1n) is 13.1. The molecule has 13 nitrogen and oxygen atoms in total. The van der Waals surface area contributed by atoms with Gasteiger partial charge in [-0.15, -0.1) is 0 Å². The van der Waals surface area contributed by atoms with Gasteiger partial charge < -0.3 is 20.3 Å². The van der Waals surface area contributed by atoms with Gasteiger partial charge in [0.15, 0.2) is 22.8 Å². The van der Waals surface area contributed by atoms with E-state index in [-0.39, 0.29) is 12.0 Å². The minimum Gasteiger partial charge on any atom is -0.378 e. The first-order chi connectivity index (χ1) is 18.2. The van der Waals surface area contributed by atoms with Crippen LogP contribution in [-0.4, -0.2) is 101 Å². The van der Waals surface area contributed by atoms with Crippen molar-refractivity contribution in [2.75, 3.05) is 68.2 Å². The zero-order valence-electron chi connectivity index (χ0n) is 22.0. The van der Waals surface area contributed by atoms with Crippen LogP contribution in [0.15, 0.2) is 6.20 Å². The standard InChI is InChI=1S/C24H34N10O3S/c1-15-18(12-26-23(25)27-15)20-29-21(32-8-10-37-11-9-32)19-22(30-20)34(13-16-4-5-16)24(28-19)33-7-6-17(14-33)31(2)38(3,35)36/h12,16-17H,4-11,13-14H2,1-3H3,(H2,25,26,27). The van der Waals surface area contributed by atoms with E-state index in [1.807, 2.05) is 6.92 Å². The maximum absolute atomic E-state index is 12.2. The third-order valence-corrected chi connectivity index (χ3v) is 9.07. The second-order valence-corrected chi connectivity index (χ2v) is 12.5. The number of sulfonamides is 1. The van der Waals surface area contributed by atoms with Gasteiger partial charge in [-0.25, -0.2) is 37.6 Å². The molecule has 1 saturated carbocycles. The number of imidazole rings is 1. The molecule has 2 N–H and O–H groups in total. The summed E-state index contributed by atoms with van der Waals surface area (Å²) in [5.41, 5.74) is 8.78. The summed E-state index contributed by atoms with van der Waals surface area (Å²) in [6.45, 7) is 6.64. The summed E-state index contributed by atoms with van der Waals surface area (Å²) in [6.07, 6.45) is 6.03. The van der Waals surface area contributed by atoms with Crippen LogP contribution in [0.5, 0.6) is 0 Å². The second kappa shape index (κ2) is 9.58. The van der Waals surface area contributed by atoms with Crippen LogP contribution in [-0.2, 0) is 21.3 Å². The molecule has 0 aromatic carbocycles. The molecule has 3 fully saturated rings. The van der Waals surface area contributed by atoms with Gasteiger partial charge in [-0.1, -0.05) is 0 Å². The maximum atomic E-state index is 12.2. The lowest BCUT2D eigenvalue weighted by Crippen LogP contribution is -2.38. The van der Waals surface area contributed by atoms with Gasteiger partial charge in [0.1, 0.15) is 0 Å². The van der Waals surface area contributed by atoms with E-state index < -0.39 is 10.0 Å². The fourth-order valence-electron chi connectivity index (χ4n) is 5.25. The molecule has 2 saturated heterocycles. The number of morpholine rings is 1. The Balaban J connectivity index is 1.49. The largest absolute Gasteiger partial charge is 0.378 e. The molecular weight excluding hydrogens is 508 g/mol. The van der Waals surface area contributed by atoms with Crippen LogP contribution in [0.1, 0.15) is 25.0 Å². The van der Waals surface area contributed by atoms with Gasteiger partial charge in [0, 0.05) is 52.0 Å². The zero-order valence-corrected chi connectivity index (χ0v) is 22.9. The van der Waals surface area contributed by atoms with Crippen molar-refractivity contribution in [3.05, 3.63) is 11.9 Å². The normalized spacial score (nSPS) is 20.7. The van der Waals surface area contributed by atoms with Gasteiger partial charge in [-0.3, -0.25) is 4.57 Å². The van der Waals surface area contributed by atoms with E-state index in [0.717, 1.165) is 48.0 Å². The summed E-state index contributed by atoms with van der Waals surface area (Å²) in [5.74, 6) is 2.92. The van der Waals surface area contributed by atoms with Crippen LogP contribution in [0.3, 0.4) is 0 Å². The minimum absolute atomic E-state index is 0.103. The summed E-state index contributed by atoms with van der Waals surface area (Å²) in [7, 11) is -1.63. The second-order valence-electron chi connectivity index (χ2n) is 10.5. The first-order valence-corrected chi connectivity index (χ1v) is 14.9. The Morgan fingerprint density at radius 1 is 1.08 bits per heavy atom. The van der Waals surface area contributed by atoms with Crippen LogP contribution in [0, 0.1) is 12.8 Å². The molecule has 2 aliphatic heterocycles. The molecule has 0 radical (unpaired) electrons. The highest BCUT2D eigenvalue weighted by atomic mass is 32.2. The van der Waals surface area contributed by atoms with E-state index >= 15 is 0 Å². The number of anilines is 3. The van der Waals surface area contributed by atoms with Crippen LogP contribution >= 0.6 is 0 Å². The summed E-state index contributed by atoms with van der Waals surface area (Å²) in [5, 5.41) is 0. The monoisotopic (exact) mass is 542 g/mol. The van der Waals surface area contributed by atoms with Crippen LogP contribution in [0.2, 0.25) is 0 Å². The predicted octanol–water partition coefficient (Wildman–Crippen LogP) is 0.891. The molecular formula is C24H34N10O3S. The van der Waals surface area contributed by atoms with Crippen molar-refractivity contribution < 1.29 is 13.2 Å². The van der Waals surface area contributed by atoms with Gasteiger partial charge in [-0.05, 0) is 32.1 Å². The zero-order chi connectivity index (χ0) is 26.6. The van der Waals surface area contributed by atoms with E-state index in [1.165, 1.54) is 23.4 Å². The highest BCUT2D eigenvalue weighted by Gasteiger charge is 2.35. The lowest BCUT2D eigenvalue weighted by atomic mass is 10.2. The van der Waals surface area contributed by atoms with Crippen molar-refractivity contribution in [1.82, 2.24) is 33.8 Å². The van der Waals surface area contributed by atoms with Gasteiger partial charge >= 0.3 is 0 Å². The molecule has 0 bridgehead atoms. The topological polar surface area (TPSA) is 148 Å². The summed E-state index contributed by atoms with van der Waals surface area (Å²) in [6, 6.07) is -0.103. The molecule has 204 valence electrons. The smallest absolute Gasteiger partial charge is 0.220 e. The Morgan fingerprint density at radius 2 is 1.84 bits per heavy atom. The Morgan fingerprint density at radius 3 is 2.53 bits per heavy atom. The number of aromatic nitrogens is 6. The third kappa shape index (κ3) is 4.76. The number of ether oxygens (including phenoxy) is 1. The SMILES string of the molecule is Cc1nc(N)ncc1-c1nc(N2CCOCC2)c2nc(N3CCC(N(C)S(C)(=O)=O)C3)n(CC3CC3)c2n1. The summed E-state index contributed by atoms with van der Waals surface area (Å²) in [4.78, 5) is 28.1. The van der Waals surface area contributed by atoms with Crippen molar-refractivity contribution in [2.45, 2.75) is 38.8 Å². The van der Waals surface area contributed by atoms with E-state index in [1.54, 1.807) is 13.2 Å². The number of likely N-dealkylation sites (N-methyl/N-ethyl adjacent to an activating group) is 1. The molecule has 14 heteroatoms. The van der Waals surface area contributed by atoms with E-state index in [2.05, 4.69) is 24.3 Å². The van der Waals surface area contributed by atoms with Crippen molar-refractivity contribution in [3.63, 3.8) is 0 Å². The number of fused-ring (bicyclic) bond motifs is 1. The molecule has 3 aliphatic rings. The molecule has 5 heterocycles. The van der Waals surface area contributed by atoms with Gasteiger partial charge in [-0.2, -0.15) is 0 Å². The maximum Gasteiger partial charge on any atom is 0.220 e. The molecule has 3 aromatic heterocycles. The number of nitrogen functional groups attached to an aromatic ring is 1. The minimum atomic E-state index is -3.28. The lowest BCUT2D eigenvalue weighted by Gasteiger charge is -2.28. The number of nitrogens with two attached hydrogens (primary N) is 1. The van der Waals surface area contributed by atoms with E-state index in [9.17, 15) is 8.42 Å². The molecule has 1 atom stereocenters. The quantitative estimate of drug-likeness (QED) is 0.454. The molecule has 1 unspecified atom stereocenters. The number of aryl methyl sites for hydroxylation is 1. The molecule has 0 spiro atoms. The Bertz CT molecular complexity index is 1470. The number of hydrogen-bond donors (Lipinski definition) is 1. The fourth-order valence-corrected chi connectivity index (χ4v) is 5.97. The molecule has 3 aromatic rings. The van der Waals surface area contributed by atoms with E-state index in [0.29, 0.717) is 50.3 Å². The Labute approximate surface area is 222 Å². The number of nitrogens with zero attached hydrogens (tertiary/aromatic N) is 9. The Kier molecular flexibility index (Phi) is 6.35. The third-order valence-electron chi connectivity index (χ3n) is 7.73. The molecule has 0 amide bonds. The summed E-state index contributed by atoms with van der Waals surface area (Å²) < 4.78 is 33.7. The average molecular weight is 543 g/mol.